The molecule has 0 saturated carbocycles. The van der Waals surface area contributed by atoms with Crippen LogP contribution in [0.1, 0.15) is 17.4 Å². The first-order chi connectivity index (χ1) is 10.7. The van der Waals surface area contributed by atoms with Crippen LogP contribution in [0.2, 0.25) is 0 Å². The van der Waals surface area contributed by atoms with Crippen LogP contribution in [0.4, 0.5) is 0 Å². The van der Waals surface area contributed by atoms with Gasteiger partial charge in [-0.1, -0.05) is 18.2 Å². The average molecular weight is 302 g/mol. The lowest BCUT2D eigenvalue weighted by Crippen LogP contribution is -2.52. The van der Waals surface area contributed by atoms with Gasteiger partial charge in [0.05, 0.1) is 25.4 Å². The number of ether oxygens (including phenoxy) is 1. The number of aliphatic hydroxyl groups is 1. The minimum Gasteiger partial charge on any atom is -0.444 e. The molecule has 1 aromatic carbocycles. The molecule has 6 nitrogen and oxygen atoms in total. The smallest absolute Gasteiger partial charge is 0.276 e. The van der Waals surface area contributed by atoms with E-state index in [1.165, 1.54) is 6.26 Å². The number of aliphatic hydroxyl groups excluding tert-OH is 1. The number of nitrogens with zero attached hydrogens (tertiary/aromatic N) is 2. The fourth-order valence-electron chi connectivity index (χ4n) is 2.44. The van der Waals surface area contributed by atoms with Crippen molar-refractivity contribution in [1.29, 1.82) is 0 Å². The van der Waals surface area contributed by atoms with Crippen molar-refractivity contribution in [2.24, 2.45) is 0 Å². The highest BCUT2D eigenvalue weighted by atomic mass is 16.5. The molecule has 116 valence electrons. The summed E-state index contributed by atoms with van der Waals surface area (Å²) in [4.78, 5) is 18.5. The van der Waals surface area contributed by atoms with Gasteiger partial charge >= 0.3 is 0 Å². The van der Waals surface area contributed by atoms with Crippen molar-refractivity contribution in [1.82, 2.24) is 9.88 Å². The van der Waals surface area contributed by atoms with Gasteiger partial charge in [0.2, 0.25) is 5.89 Å². The van der Waals surface area contributed by atoms with Crippen molar-refractivity contribution in [2.75, 3.05) is 19.8 Å². The number of carbonyl (C=O) groups is 1. The van der Waals surface area contributed by atoms with E-state index in [1.54, 1.807) is 4.90 Å². The molecule has 1 aromatic heterocycles. The van der Waals surface area contributed by atoms with Crippen molar-refractivity contribution in [3.05, 3.63) is 42.3 Å². The van der Waals surface area contributed by atoms with E-state index in [1.807, 2.05) is 37.3 Å². The number of oxazole rings is 1. The van der Waals surface area contributed by atoms with E-state index in [9.17, 15) is 9.90 Å². The van der Waals surface area contributed by atoms with Crippen LogP contribution in [0.25, 0.3) is 11.5 Å². The number of morpholine rings is 1. The minimum absolute atomic E-state index is 0.0628. The number of amides is 1. The number of rotatable bonds is 3. The standard InChI is InChI=1S/C16H18N2O4/c1-11-9-21-13(8-19)7-18(11)16(20)14-10-22-15(17-14)12-5-3-2-4-6-12/h2-6,10-11,13,19H,7-9H2,1H3. The average Bonchev–Trinajstić information content (AvgIpc) is 3.05. The Morgan fingerprint density at radius 2 is 2.18 bits per heavy atom. The van der Waals surface area contributed by atoms with Crippen molar-refractivity contribution in [3.63, 3.8) is 0 Å². The maximum absolute atomic E-state index is 12.6. The quantitative estimate of drug-likeness (QED) is 0.931. The molecular formula is C16H18N2O4. The van der Waals surface area contributed by atoms with Crippen LogP contribution in [0.15, 0.2) is 41.0 Å². The molecule has 0 spiro atoms. The Morgan fingerprint density at radius 1 is 1.41 bits per heavy atom. The first kappa shape index (κ1) is 14.7. The summed E-state index contributed by atoms with van der Waals surface area (Å²) in [6.07, 6.45) is 1.03. The topological polar surface area (TPSA) is 75.8 Å². The lowest BCUT2D eigenvalue weighted by Gasteiger charge is -2.36. The van der Waals surface area contributed by atoms with Crippen LogP contribution in [-0.4, -0.2) is 52.8 Å². The summed E-state index contributed by atoms with van der Waals surface area (Å²) >= 11 is 0. The molecule has 1 N–H and O–H groups in total. The Kier molecular flexibility index (Phi) is 4.22. The van der Waals surface area contributed by atoms with Crippen molar-refractivity contribution in [3.8, 4) is 11.5 Å². The van der Waals surface area contributed by atoms with E-state index >= 15 is 0 Å². The Bertz CT molecular complexity index is 641. The zero-order valence-electron chi connectivity index (χ0n) is 12.3. The van der Waals surface area contributed by atoms with E-state index in [2.05, 4.69) is 4.98 Å². The van der Waals surface area contributed by atoms with E-state index in [-0.39, 0.29) is 30.4 Å². The van der Waals surface area contributed by atoms with Gasteiger partial charge < -0.3 is 19.2 Å². The maximum Gasteiger partial charge on any atom is 0.276 e. The number of benzene rings is 1. The normalized spacial score (nSPS) is 21.8. The second-order valence-electron chi connectivity index (χ2n) is 5.35. The Labute approximate surface area is 128 Å². The van der Waals surface area contributed by atoms with Gasteiger partial charge in [-0.25, -0.2) is 4.98 Å². The fraction of sp³-hybridized carbons (Fsp3) is 0.375. The Morgan fingerprint density at radius 3 is 2.91 bits per heavy atom. The first-order valence-corrected chi connectivity index (χ1v) is 7.23. The summed E-state index contributed by atoms with van der Waals surface area (Å²) < 4.78 is 10.9. The van der Waals surface area contributed by atoms with Crippen LogP contribution >= 0.6 is 0 Å². The summed E-state index contributed by atoms with van der Waals surface area (Å²) in [5, 5.41) is 9.20. The third-order valence-corrected chi connectivity index (χ3v) is 3.71. The van der Waals surface area contributed by atoms with E-state index in [0.29, 0.717) is 19.0 Å². The zero-order valence-corrected chi connectivity index (χ0v) is 12.3. The van der Waals surface area contributed by atoms with Gasteiger partial charge in [-0.05, 0) is 19.1 Å². The van der Waals surface area contributed by atoms with Gasteiger partial charge in [-0.2, -0.15) is 0 Å². The summed E-state index contributed by atoms with van der Waals surface area (Å²) in [7, 11) is 0. The fourth-order valence-corrected chi connectivity index (χ4v) is 2.44. The van der Waals surface area contributed by atoms with Gasteiger partial charge in [0.1, 0.15) is 6.26 Å². The van der Waals surface area contributed by atoms with Crippen LogP contribution < -0.4 is 0 Å². The second kappa shape index (κ2) is 6.29. The third-order valence-electron chi connectivity index (χ3n) is 3.71. The Balaban J connectivity index is 1.79. The molecule has 2 unspecified atom stereocenters. The molecule has 2 atom stereocenters. The molecule has 6 heteroatoms. The molecule has 3 rings (SSSR count). The largest absolute Gasteiger partial charge is 0.444 e. The lowest BCUT2D eigenvalue weighted by molar-refractivity contribution is -0.0668. The highest BCUT2D eigenvalue weighted by molar-refractivity contribution is 5.92. The van der Waals surface area contributed by atoms with E-state index in [0.717, 1.165) is 5.56 Å². The van der Waals surface area contributed by atoms with Gasteiger partial charge in [0, 0.05) is 12.1 Å². The van der Waals surface area contributed by atoms with Crippen LogP contribution in [0, 0.1) is 0 Å². The number of aromatic nitrogens is 1. The molecule has 0 aliphatic carbocycles. The molecule has 0 radical (unpaired) electrons. The molecule has 2 heterocycles. The van der Waals surface area contributed by atoms with Crippen molar-refractivity contribution >= 4 is 5.91 Å². The zero-order chi connectivity index (χ0) is 15.5. The summed E-state index contributed by atoms with van der Waals surface area (Å²) in [5.41, 5.74) is 1.09. The first-order valence-electron chi connectivity index (χ1n) is 7.23. The number of hydrogen-bond acceptors (Lipinski definition) is 5. The van der Waals surface area contributed by atoms with Crippen LogP contribution in [0.3, 0.4) is 0 Å². The minimum atomic E-state index is -0.347. The molecule has 1 fully saturated rings. The highest BCUT2D eigenvalue weighted by Crippen LogP contribution is 2.20. The molecule has 0 bridgehead atoms. The maximum atomic E-state index is 12.6. The Hall–Kier alpha value is -2.18. The molecule has 1 saturated heterocycles. The monoisotopic (exact) mass is 302 g/mol. The summed E-state index contributed by atoms with van der Waals surface area (Å²) in [6, 6.07) is 9.36. The van der Waals surface area contributed by atoms with Gasteiger partial charge in [0.15, 0.2) is 5.69 Å². The van der Waals surface area contributed by atoms with E-state index < -0.39 is 0 Å². The lowest BCUT2D eigenvalue weighted by atomic mass is 10.2. The number of carbonyl (C=O) groups excluding carboxylic acids is 1. The van der Waals surface area contributed by atoms with Crippen molar-refractivity contribution in [2.45, 2.75) is 19.1 Å². The summed E-state index contributed by atoms with van der Waals surface area (Å²) in [6.45, 7) is 2.55. The predicted molar refractivity (Wildman–Crippen MR) is 79.3 cm³/mol. The second-order valence-corrected chi connectivity index (χ2v) is 5.35. The molecule has 2 aromatic rings. The molecule has 1 aliphatic heterocycles. The van der Waals surface area contributed by atoms with Crippen LogP contribution in [0.5, 0.6) is 0 Å². The molecule has 22 heavy (non-hydrogen) atoms. The molecule has 1 aliphatic rings. The third kappa shape index (κ3) is 2.88. The van der Waals surface area contributed by atoms with Crippen LogP contribution in [-0.2, 0) is 4.74 Å². The van der Waals surface area contributed by atoms with Gasteiger partial charge in [-0.15, -0.1) is 0 Å². The highest BCUT2D eigenvalue weighted by Gasteiger charge is 2.31. The molecule has 1 amide bonds. The van der Waals surface area contributed by atoms with Crippen molar-refractivity contribution < 1.29 is 19.1 Å². The summed E-state index contributed by atoms with van der Waals surface area (Å²) in [5.74, 6) is 0.212. The number of hydrogen-bond donors (Lipinski definition) is 1. The van der Waals surface area contributed by atoms with Gasteiger partial charge in [0.25, 0.3) is 5.91 Å². The molecular weight excluding hydrogens is 284 g/mol. The SMILES string of the molecule is CC1COC(CO)CN1C(=O)c1coc(-c2ccccc2)n1. The van der Waals surface area contributed by atoms with Gasteiger partial charge in [-0.3, -0.25) is 4.79 Å². The van der Waals surface area contributed by atoms with E-state index in [4.69, 9.17) is 9.15 Å². The predicted octanol–water partition coefficient (Wildman–Crippen LogP) is 1.56.